The van der Waals surface area contributed by atoms with Gasteiger partial charge in [-0.2, -0.15) is 10.2 Å². The Labute approximate surface area is 191 Å². The van der Waals surface area contributed by atoms with Crippen LogP contribution in [0.2, 0.25) is 0 Å². The van der Waals surface area contributed by atoms with Gasteiger partial charge in [0.1, 0.15) is 11.5 Å². The van der Waals surface area contributed by atoms with Crippen molar-refractivity contribution in [3.63, 3.8) is 0 Å². The molecule has 0 spiro atoms. The summed E-state index contributed by atoms with van der Waals surface area (Å²) in [6.07, 6.45) is 7.85. The lowest BCUT2D eigenvalue weighted by atomic mass is 10.1. The van der Waals surface area contributed by atoms with Crippen molar-refractivity contribution in [2.24, 2.45) is 0 Å². The zero-order valence-electron chi connectivity index (χ0n) is 18.1. The van der Waals surface area contributed by atoms with Gasteiger partial charge in [-0.3, -0.25) is 0 Å². The fourth-order valence-electron chi connectivity index (χ4n) is 4.21. The van der Waals surface area contributed by atoms with Crippen molar-refractivity contribution >= 4 is 11.5 Å². The van der Waals surface area contributed by atoms with Crippen LogP contribution in [0.1, 0.15) is 12.8 Å². The van der Waals surface area contributed by atoms with Gasteiger partial charge in [0.2, 0.25) is 0 Å². The van der Waals surface area contributed by atoms with E-state index < -0.39 is 0 Å². The molecule has 33 heavy (non-hydrogen) atoms. The van der Waals surface area contributed by atoms with Crippen molar-refractivity contribution in [2.45, 2.75) is 18.9 Å². The van der Waals surface area contributed by atoms with Gasteiger partial charge in [-0.05, 0) is 62.3 Å². The number of imidazole rings is 1. The summed E-state index contributed by atoms with van der Waals surface area (Å²) in [5, 5.41) is 16.3. The number of hydrogen-bond acceptors (Lipinski definition) is 6. The molecule has 0 amide bonds. The summed E-state index contributed by atoms with van der Waals surface area (Å²) < 4.78 is 3.71. The van der Waals surface area contributed by atoms with Gasteiger partial charge >= 0.3 is 0 Å². The van der Waals surface area contributed by atoms with Crippen molar-refractivity contribution in [1.82, 2.24) is 34.7 Å². The first-order valence-corrected chi connectivity index (χ1v) is 11.2. The Bertz CT molecular complexity index is 1380. The van der Waals surface area contributed by atoms with Crippen molar-refractivity contribution in [2.75, 3.05) is 18.4 Å². The standard InChI is InChI=1S/C25H24N8/c1-2-5-20(6-3-1)32-17-18(15-28-32)21-9-10-25-27-16-23(33(25)31-21)22-7-4-8-24(30-22)29-19-11-13-26-14-12-19/h1-10,15-17,19,26H,11-14H2,(H,29,30). The first-order chi connectivity index (χ1) is 16.3. The van der Waals surface area contributed by atoms with E-state index in [1.807, 2.05) is 88.5 Å². The number of pyridine rings is 1. The molecule has 8 heteroatoms. The van der Waals surface area contributed by atoms with Crippen LogP contribution < -0.4 is 10.6 Å². The maximum Gasteiger partial charge on any atom is 0.154 e. The molecule has 0 saturated carbocycles. The van der Waals surface area contributed by atoms with Crippen LogP contribution in [0.5, 0.6) is 0 Å². The molecule has 1 fully saturated rings. The fourth-order valence-corrected chi connectivity index (χ4v) is 4.21. The summed E-state index contributed by atoms with van der Waals surface area (Å²) in [5.41, 5.74) is 5.25. The van der Waals surface area contributed by atoms with E-state index in [9.17, 15) is 0 Å². The molecule has 1 saturated heterocycles. The summed E-state index contributed by atoms with van der Waals surface area (Å²) in [7, 11) is 0. The minimum atomic E-state index is 0.446. The molecule has 1 aromatic carbocycles. The van der Waals surface area contributed by atoms with E-state index in [0.29, 0.717) is 6.04 Å². The van der Waals surface area contributed by atoms with E-state index in [2.05, 4.69) is 20.7 Å². The Morgan fingerprint density at radius 1 is 0.879 bits per heavy atom. The highest BCUT2D eigenvalue weighted by molar-refractivity contribution is 5.64. The molecule has 1 aliphatic heterocycles. The van der Waals surface area contributed by atoms with E-state index in [4.69, 9.17) is 10.1 Å². The average Bonchev–Trinajstić information content (AvgIpc) is 3.53. The molecule has 164 valence electrons. The molecular formula is C25H24N8. The highest BCUT2D eigenvalue weighted by Crippen LogP contribution is 2.24. The van der Waals surface area contributed by atoms with Gasteiger partial charge in [0.25, 0.3) is 0 Å². The Hall–Kier alpha value is -4.04. The second-order valence-electron chi connectivity index (χ2n) is 8.22. The maximum absolute atomic E-state index is 4.87. The molecule has 5 aromatic rings. The van der Waals surface area contributed by atoms with Crippen LogP contribution in [0, 0.1) is 0 Å². The molecule has 0 unspecified atom stereocenters. The van der Waals surface area contributed by atoms with Crippen LogP contribution >= 0.6 is 0 Å². The van der Waals surface area contributed by atoms with E-state index >= 15 is 0 Å². The lowest BCUT2D eigenvalue weighted by Crippen LogP contribution is -2.35. The molecule has 0 bridgehead atoms. The lowest BCUT2D eigenvalue weighted by Gasteiger charge is -2.24. The van der Waals surface area contributed by atoms with Crippen LogP contribution in [0.4, 0.5) is 5.82 Å². The van der Waals surface area contributed by atoms with Gasteiger partial charge in [-0.15, -0.1) is 0 Å². The lowest BCUT2D eigenvalue weighted by molar-refractivity contribution is 0.478. The normalized spacial score (nSPS) is 14.5. The van der Waals surface area contributed by atoms with E-state index in [1.54, 1.807) is 0 Å². The van der Waals surface area contributed by atoms with Gasteiger partial charge < -0.3 is 10.6 Å². The van der Waals surface area contributed by atoms with E-state index in [1.165, 1.54) is 0 Å². The predicted molar refractivity (Wildman–Crippen MR) is 128 cm³/mol. The zero-order chi connectivity index (χ0) is 22.0. The number of aromatic nitrogens is 6. The fraction of sp³-hybridized carbons (Fsp3) is 0.200. The number of para-hydroxylation sites is 1. The molecular weight excluding hydrogens is 412 g/mol. The number of fused-ring (bicyclic) bond motifs is 1. The molecule has 2 N–H and O–H groups in total. The highest BCUT2D eigenvalue weighted by atomic mass is 15.3. The van der Waals surface area contributed by atoms with Crippen LogP contribution in [0.25, 0.3) is 34.0 Å². The van der Waals surface area contributed by atoms with Crippen molar-refractivity contribution in [1.29, 1.82) is 0 Å². The smallest absolute Gasteiger partial charge is 0.154 e. The summed E-state index contributed by atoms with van der Waals surface area (Å²) in [5.74, 6) is 0.884. The minimum Gasteiger partial charge on any atom is -0.367 e. The molecule has 8 nitrogen and oxygen atoms in total. The summed E-state index contributed by atoms with van der Waals surface area (Å²) in [4.78, 5) is 9.40. The van der Waals surface area contributed by atoms with Crippen molar-refractivity contribution in [3.05, 3.63) is 79.3 Å². The number of piperidine rings is 1. The topological polar surface area (TPSA) is 85.0 Å². The van der Waals surface area contributed by atoms with Gasteiger partial charge in [0.15, 0.2) is 5.65 Å². The number of hydrogen-bond donors (Lipinski definition) is 2. The molecule has 0 aliphatic carbocycles. The Kier molecular flexibility index (Phi) is 5.04. The molecule has 1 aliphatic rings. The predicted octanol–water partition coefficient (Wildman–Crippen LogP) is 3.81. The number of nitrogens with zero attached hydrogens (tertiary/aromatic N) is 6. The zero-order valence-corrected chi connectivity index (χ0v) is 18.1. The van der Waals surface area contributed by atoms with Gasteiger partial charge in [-0.25, -0.2) is 19.2 Å². The van der Waals surface area contributed by atoms with E-state index in [-0.39, 0.29) is 0 Å². The quantitative estimate of drug-likeness (QED) is 0.436. The van der Waals surface area contributed by atoms with E-state index in [0.717, 1.165) is 65.7 Å². The number of anilines is 1. The molecule has 0 radical (unpaired) electrons. The van der Waals surface area contributed by atoms with Gasteiger partial charge in [0.05, 0.1) is 29.5 Å². The Balaban J connectivity index is 1.32. The molecule has 4 aromatic heterocycles. The van der Waals surface area contributed by atoms with Gasteiger partial charge in [0, 0.05) is 17.8 Å². The van der Waals surface area contributed by atoms with Crippen LogP contribution in [0.15, 0.2) is 79.3 Å². The summed E-state index contributed by atoms with van der Waals surface area (Å²) >= 11 is 0. The van der Waals surface area contributed by atoms with Gasteiger partial charge in [-0.1, -0.05) is 24.3 Å². The minimum absolute atomic E-state index is 0.446. The summed E-state index contributed by atoms with van der Waals surface area (Å²) in [6, 6.07) is 20.5. The summed E-state index contributed by atoms with van der Waals surface area (Å²) in [6.45, 7) is 2.08. The maximum atomic E-state index is 4.87. The van der Waals surface area contributed by atoms with Crippen LogP contribution in [-0.4, -0.2) is 48.5 Å². The number of rotatable bonds is 5. The largest absolute Gasteiger partial charge is 0.367 e. The first-order valence-electron chi connectivity index (χ1n) is 11.2. The number of benzene rings is 1. The average molecular weight is 437 g/mol. The second kappa shape index (κ2) is 8.48. The van der Waals surface area contributed by atoms with Crippen LogP contribution in [0.3, 0.4) is 0 Å². The molecule has 6 rings (SSSR count). The monoisotopic (exact) mass is 436 g/mol. The van der Waals surface area contributed by atoms with Crippen molar-refractivity contribution < 1.29 is 0 Å². The first kappa shape index (κ1) is 19.6. The molecule has 5 heterocycles. The van der Waals surface area contributed by atoms with Crippen molar-refractivity contribution in [3.8, 4) is 28.3 Å². The highest BCUT2D eigenvalue weighted by Gasteiger charge is 2.15. The third kappa shape index (κ3) is 3.96. The Morgan fingerprint density at radius 3 is 2.64 bits per heavy atom. The van der Waals surface area contributed by atoms with Crippen LogP contribution in [-0.2, 0) is 0 Å². The second-order valence-corrected chi connectivity index (χ2v) is 8.22. The third-order valence-corrected chi connectivity index (χ3v) is 5.96. The molecule has 0 atom stereocenters. The third-order valence-electron chi connectivity index (χ3n) is 5.96. The number of nitrogens with one attached hydrogen (secondary N) is 2. The SMILES string of the molecule is c1ccc(-n2cc(-c3ccc4ncc(-c5cccc(NC6CCNCC6)n5)n4n3)cn2)cc1. The Morgan fingerprint density at radius 2 is 1.76 bits per heavy atom.